The highest BCUT2D eigenvalue weighted by atomic mass is 32.2. The summed E-state index contributed by atoms with van der Waals surface area (Å²) in [5.74, 6) is 2.79. The second kappa shape index (κ2) is 6.33. The van der Waals surface area contributed by atoms with Gasteiger partial charge in [-0.25, -0.2) is 0 Å². The molecule has 3 fully saturated rings. The van der Waals surface area contributed by atoms with Crippen LogP contribution in [0.3, 0.4) is 0 Å². The summed E-state index contributed by atoms with van der Waals surface area (Å²) in [6.07, 6.45) is 7.82. The van der Waals surface area contributed by atoms with Gasteiger partial charge in [-0.2, -0.15) is 11.8 Å². The largest absolute Gasteiger partial charge is 0.393 e. The maximum atomic E-state index is 10.5. The fourth-order valence-electron chi connectivity index (χ4n) is 3.72. The van der Waals surface area contributed by atoms with Crippen LogP contribution >= 0.6 is 11.8 Å². The smallest absolute Gasteiger partial charge is 0.0783 e. The third-order valence-corrected chi connectivity index (χ3v) is 6.17. The van der Waals surface area contributed by atoms with Crippen molar-refractivity contribution in [3.63, 3.8) is 0 Å². The summed E-state index contributed by atoms with van der Waals surface area (Å²) < 4.78 is 11.7. The molecule has 3 aliphatic rings. The van der Waals surface area contributed by atoms with E-state index in [2.05, 4.69) is 0 Å². The number of aliphatic hydroxyl groups excluding tert-OH is 1. The van der Waals surface area contributed by atoms with Crippen LogP contribution in [0.4, 0.5) is 0 Å². The summed E-state index contributed by atoms with van der Waals surface area (Å²) >= 11 is 2.00. The summed E-state index contributed by atoms with van der Waals surface area (Å²) in [4.78, 5) is 0. The van der Waals surface area contributed by atoms with E-state index in [1.54, 1.807) is 0 Å². The first-order valence-electron chi connectivity index (χ1n) is 7.79. The van der Waals surface area contributed by atoms with Gasteiger partial charge in [0, 0.05) is 19.0 Å². The molecule has 1 spiro atoms. The lowest BCUT2D eigenvalue weighted by Gasteiger charge is -2.39. The lowest BCUT2D eigenvalue weighted by atomic mass is 9.81. The Bertz CT molecular complexity index is 285. The Kier molecular flexibility index (Phi) is 4.73. The zero-order chi connectivity index (χ0) is 13.1. The first-order chi connectivity index (χ1) is 9.27. The first kappa shape index (κ1) is 14.2. The molecule has 0 aromatic heterocycles. The van der Waals surface area contributed by atoms with Gasteiger partial charge in [0.15, 0.2) is 0 Å². The molecule has 4 heteroatoms. The molecule has 4 unspecified atom stereocenters. The fourth-order valence-corrected chi connectivity index (χ4v) is 5.10. The molecule has 0 aromatic carbocycles. The van der Waals surface area contributed by atoms with Crippen molar-refractivity contribution in [2.24, 2.45) is 5.92 Å². The third kappa shape index (κ3) is 3.46. The van der Waals surface area contributed by atoms with Crippen LogP contribution in [-0.2, 0) is 9.47 Å². The molecule has 3 saturated heterocycles. The second-order valence-electron chi connectivity index (χ2n) is 6.37. The molecule has 3 heterocycles. The molecule has 110 valence electrons. The van der Waals surface area contributed by atoms with Crippen molar-refractivity contribution in [1.29, 1.82) is 0 Å². The molecule has 0 aliphatic carbocycles. The Morgan fingerprint density at radius 1 is 1.32 bits per heavy atom. The van der Waals surface area contributed by atoms with Gasteiger partial charge in [0.2, 0.25) is 0 Å². The van der Waals surface area contributed by atoms with E-state index in [0.717, 1.165) is 44.6 Å². The summed E-state index contributed by atoms with van der Waals surface area (Å²) in [5, 5.41) is 10.5. The Morgan fingerprint density at radius 3 is 3.00 bits per heavy atom. The van der Waals surface area contributed by atoms with Gasteiger partial charge in [0.1, 0.15) is 0 Å². The number of thioether (sulfide) groups is 1. The van der Waals surface area contributed by atoms with Crippen molar-refractivity contribution >= 4 is 11.8 Å². The fraction of sp³-hybridized carbons (Fsp3) is 1.00. The van der Waals surface area contributed by atoms with E-state index in [4.69, 9.17) is 9.47 Å². The highest BCUT2D eigenvalue weighted by molar-refractivity contribution is 7.99. The van der Waals surface area contributed by atoms with Gasteiger partial charge in [-0.05, 0) is 56.6 Å². The number of ether oxygens (including phenoxy) is 2. The molecule has 19 heavy (non-hydrogen) atoms. The molecule has 0 amide bonds. The first-order valence-corrected chi connectivity index (χ1v) is 8.94. The molecule has 0 bridgehead atoms. The van der Waals surface area contributed by atoms with Crippen molar-refractivity contribution < 1.29 is 14.6 Å². The predicted octanol–water partition coefficient (Wildman–Crippen LogP) is 2.61. The molecular formula is C15H26O3S. The summed E-state index contributed by atoms with van der Waals surface area (Å²) in [6.45, 7) is 1.75. The molecule has 3 rings (SSSR count). The van der Waals surface area contributed by atoms with Crippen LogP contribution in [0.15, 0.2) is 0 Å². The van der Waals surface area contributed by atoms with Gasteiger partial charge >= 0.3 is 0 Å². The van der Waals surface area contributed by atoms with Crippen molar-refractivity contribution in [3.05, 3.63) is 0 Å². The topological polar surface area (TPSA) is 38.7 Å². The van der Waals surface area contributed by atoms with E-state index in [9.17, 15) is 5.11 Å². The average Bonchev–Trinajstić information content (AvgIpc) is 3.08. The highest BCUT2D eigenvalue weighted by Gasteiger charge is 2.42. The van der Waals surface area contributed by atoms with Gasteiger partial charge in [-0.1, -0.05) is 0 Å². The van der Waals surface area contributed by atoms with Crippen molar-refractivity contribution in [2.75, 3.05) is 24.7 Å². The molecule has 0 radical (unpaired) electrons. The molecule has 3 nitrogen and oxygen atoms in total. The van der Waals surface area contributed by atoms with E-state index in [0.29, 0.717) is 12.0 Å². The lowest BCUT2D eigenvalue weighted by Crippen LogP contribution is -2.43. The zero-order valence-electron chi connectivity index (χ0n) is 11.7. The average molecular weight is 286 g/mol. The third-order valence-electron chi connectivity index (χ3n) is 4.95. The minimum Gasteiger partial charge on any atom is -0.393 e. The Morgan fingerprint density at radius 2 is 2.26 bits per heavy atom. The van der Waals surface area contributed by atoms with Gasteiger partial charge in [-0.15, -0.1) is 0 Å². The van der Waals surface area contributed by atoms with Gasteiger partial charge in [0.05, 0.1) is 17.8 Å². The van der Waals surface area contributed by atoms with Gasteiger partial charge in [0.25, 0.3) is 0 Å². The SMILES string of the molecule is OC(CCC1CCCO1)C1CCOC2(CCSC2)C1. The standard InChI is InChI=1S/C15H26O3S/c16-14(4-3-13-2-1-7-17-13)12-5-8-18-15(10-12)6-9-19-11-15/h12-14,16H,1-11H2. The van der Waals surface area contributed by atoms with Crippen molar-refractivity contribution in [2.45, 2.75) is 62.8 Å². The Balaban J connectivity index is 1.47. The van der Waals surface area contributed by atoms with Crippen LogP contribution in [0, 0.1) is 5.92 Å². The number of hydrogen-bond donors (Lipinski definition) is 1. The number of aliphatic hydroxyl groups is 1. The predicted molar refractivity (Wildman–Crippen MR) is 77.6 cm³/mol. The van der Waals surface area contributed by atoms with Crippen molar-refractivity contribution in [1.82, 2.24) is 0 Å². The summed E-state index contributed by atoms with van der Waals surface area (Å²) in [7, 11) is 0. The van der Waals surface area contributed by atoms with Crippen LogP contribution in [-0.4, -0.2) is 47.6 Å². The summed E-state index contributed by atoms with van der Waals surface area (Å²) in [5.41, 5.74) is 0.0957. The quantitative estimate of drug-likeness (QED) is 0.862. The molecular weight excluding hydrogens is 260 g/mol. The van der Waals surface area contributed by atoms with E-state index in [-0.39, 0.29) is 11.7 Å². The lowest BCUT2D eigenvalue weighted by molar-refractivity contribution is -0.103. The minimum atomic E-state index is -0.157. The van der Waals surface area contributed by atoms with Crippen LogP contribution in [0.5, 0.6) is 0 Å². The second-order valence-corrected chi connectivity index (χ2v) is 7.47. The minimum absolute atomic E-state index is 0.0957. The number of rotatable bonds is 4. The highest BCUT2D eigenvalue weighted by Crippen LogP contribution is 2.41. The van der Waals surface area contributed by atoms with E-state index < -0.39 is 0 Å². The van der Waals surface area contributed by atoms with E-state index in [1.807, 2.05) is 11.8 Å². The van der Waals surface area contributed by atoms with Crippen LogP contribution in [0.25, 0.3) is 0 Å². The monoisotopic (exact) mass is 286 g/mol. The van der Waals surface area contributed by atoms with Crippen molar-refractivity contribution in [3.8, 4) is 0 Å². The summed E-state index contributed by atoms with van der Waals surface area (Å²) in [6, 6.07) is 0. The van der Waals surface area contributed by atoms with Gasteiger partial charge in [-0.3, -0.25) is 0 Å². The molecule has 4 atom stereocenters. The maximum absolute atomic E-state index is 10.5. The van der Waals surface area contributed by atoms with Crippen LogP contribution in [0.1, 0.15) is 44.9 Å². The van der Waals surface area contributed by atoms with Crippen LogP contribution in [0.2, 0.25) is 0 Å². The molecule has 3 aliphatic heterocycles. The Labute approximate surface area is 120 Å². The van der Waals surface area contributed by atoms with Crippen LogP contribution < -0.4 is 0 Å². The molecule has 0 aromatic rings. The van der Waals surface area contributed by atoms with Gasteiger partial charge < -0.3 is 14.6 Å². The Hall–Kier alpha value is 0.230. The number of hydrogen-bond acceptors (Lipinski definition) is 4. The zero-order valence-corrected chi connectivity index (χ0v) is 12.5. The van der Waals surface area contributed by atoms with E-state index in [1.165, 1.54) is 25.0 Å². The normalized spacial score (nSPS) is 40.9. The van der Waals surface area contributed by atoms with E-state index >= 15 is 0 Å². The molecule has 0 saturated carbocycles. The maximum Gasteiger partial charge on any atom is 0.0783 e. The molecule has 1 N–H and O–H groups in total.